The van der Waals surface area contributed by atoms with Crippen LogP contribution in [0.25, 0.3) is 110 Å². The van der Waals surface area contributed by atoms with E-state index in [1.165, 1.54) is 109 Å². The van der Waals surface area contributed by atoms with E-state index in [1.807, 2.05) is 0 Å². The van der Waals surface area contributed by atoms with Crippen molar-refractivity contribution >= 4 is 95.8 Å². The third kappa shape index (κ3) is 5.71. The van der Waals surface area contributed by atoms with E-state index >= 15 is 0 Å². The normalized spacial score (nSPS) is 11.9. The predicted molar refractivity (Wildman–Crippen MR) is 270 cm³/mol. The van der Waals surface area contributed by atoms with Crippen molar-refractivity contribution in [1.29, 1.82) is 0 Å². The molecule has 2 heterocycles. The number of hydrogen-bond donors (Lipinski definition) is 0. The molecule has 0 spiro atoms. The molecule has 11 aromatic carbocycles. The standard InChI is InChI=1S/C60H38N2Si/c1-2-18-45(19-3-1)63-46-32-33-53-54(38-46)59(41-31-30-39-16-4-5-17-40(39)34-41)51-24-6-7-25-52(51)60(53)42-35-43(61-55-26-12-8-20-47(55)48-21-9-13-27-56(48)61)37-44(36-42)62-57-28-14-10-22-49(57)50-23-11-15-29-58(50)62/h1-38H. The van der Waals surface area contributed by atoms with Gasteiger partial charge in [0.1, 0.15) is 9.52 Å². The van der Waals surface area contributed by atoms with E-state index in [1.54, 1.807) is 0 Å². The Balaban J connectivity index is 1.16. The maximum absolute atomic E-state index is 2.48. The van der Waals surface area contributed by atoms with Crippen LogP contribution < -0.4 is 10.4 Å². The van der Waals surface area contributed by atoms with Crippen LogP contribution in [0.1, 0.15) is 0 Å². The summed E-state index contributed by atoms with van der Waals surface area (Å²) in [6, 6.07) is 85.5. The summed E-state index contributed by atoms with van der Waals surface area (Å²) < 4.78 is 4.94. The summed E-state index contributed by atoms with van der Waals surface area (Å²) in [7, 11) is 0.540. The molecule has 0 aliphatic carbocycles. The van der Waals surface area contributed by atoms with Crippen LogP contribution >= 0.6 is 0 Å². The zero-order valence-electron chi connectivity index (χ0n) is 34.3. The van der Waals surface area contributed by atoms with Gasteiger partial charge in [-0.2, -0.15) is 0 Å². The summed E-state index contributed by atoms with van der Waals surface area (Å²) in [6.07, 6.45) is 0. The van der Waals surface area contributed by atoms with Gasteiger partial charge in [-0.15, -0.1) is 0 Å². The molecule has 63 heavy (non-hydrogen) atoms. The van der Waals surface area contributed by atoms with Crippen molar-refractivity contribution in [3.8, 4) is 33.6 Å². The Hall–Kier alpha value is -7.98. The number of fused-ring (bicyclic) bond motifs is 9. The van der Waals surface area contributed by atoms with Gasteiger partial charge in [0.05, 0.1) is 22.1 Å². The number of rotatable bonds is 6. The fourth-order valence-electron chi connectivity index (χ4n) is 10.3. The van der Waals surface area contributed by atoms with E-state index in [0.29, 0.717) is 9.52 Å². The highest BCUT2D eigenvalue weighted by Gasteiger charge is 2.22. The van der Waals surface area contributed by atoms with Gasteiger partial charge in [0.25, 0.3) is 0 Å². The van der Waals surface area contributed by atoms with Crippen molar-refractivity contribution in [2.75, 3.05) is 0 Å². The molecule has 0 atom stereocenters. The fourth-order valence-corrected chi connectivity index (χ4v) is 11.4. The van der Waals surface area contributed by atoms with Crippen molar-refractivity contribution in [2.45, 2.75) is 0 Å². The molecule has 0 saturated heterocycles. The molecule has 0 aliphatic heterocycles. The molecule has 292 valence electrons. The van der Waals surface area contributed by atoms with E-state index < -0.39 is 0 Å². The fraction of sp³-hybridized carbons (Fsp3) is 0. The van der Waals surface area contributed by atoms with Gasteiger partial charge >= 0.3 is 0 Å². The number of hydrogen-bond acceptors (Lipinski definition) is 0. The molecule has 13 rings (SSSR count). The Kier molecular flexibility index (Phi) is 8.12. The van der Waals surface area contributed by atoms with Gasteiger partial charge in [-0.3, -0.25) is 0 Å². The molecule has 3 heteroatoms. The third-order valence-corrected chi connectivity index (χ3v) is 14.2. The highest BCUT2D eigenvalue weighted by molar-refractivity contribution is 6.67. The van der Waals surface area contributed by atoms with Gasteiger partial charge in [-0.05, 0) is 103 Å². The van der Waals surface area contributed by atoms with Gasteiger partial charge in [0.15, 0.2) is 0 Å². The smallest absolute Gasteiger partial charge is 0.121 e. The highest BCUT2D eigenvalue weighted by atomic mass is 28.2. The molecular formula is C60H38N2Si. The summed E-state index contributed by atoms with van der Waals surface area (Å²) >= 11 is 0. The second-order valence-corrected chi connectivity index (χ2v) is 18.0. The van der Waals surface area contributed by atoms with Crippen molar-refractivity contribution < 1.29 is 0 Å². The average molecular weight is 815 g/mol. The molecular weight excluding hydrogens is 777 g/mol. The van der Waals surface area contributed by atoms with Crippen LogP contribution in [0.5, 0.6) is 0 Å². The van der Waals surface area contributed by atoms with Gasteiger partial charge in [-0.25, -0.2) is 0 Å². The van der Waals surface area contributed by atoms with E-state index in [-0.39, 0.29) is 0 Å². The van der Waals surface area contributed by atoms with Gasteiger partial charge in [0.2, 0.25) is 0 Å². The van der Waals surface area contributed by atoms with Crippen molar-refractivity contribution in [3.05, 3.63) is 231 Å². The van der Waals surface area contributed by atoms with E-state index in [0.717, 1.165) is 11.4 Å². The van der Waals surface area contributed by atoms with Crippen molar-refractivity contribution in [2.24, 2.45) is 0 Å². The number of benzene rings is 11. The lowest BCUT2D eigenvalue weighted by molar-refractivity contribution is 1.14. The molecule has 0 unspecified atom stereocenters. The van der Waals surface area contributed by atoms with Crippen molar-refractivity contribution in [3.63, 3.8) is 0 Å². The highest BCUT2D eigenvalue weighted by Crippen LogP contribution is 2.46. The molecule has 13 aromatic rings. The maximum Gasteiger partial charge on any atom is 0.121 e. The van der Waals surface area contributed by atoms with Gasteiger partial charge in [0, 0.05) is 32.9 Å². The Labute approximate surface area is 367 Å². The number of para-hydroxylation sites is 4. The first-order valence-corrected chi connectivity index (χ1v) is 22.7. The van der Waals surface area contributed by atoms with E-state index in [2.05, 4.69) is 240 Å². The quantitative estimate of drug-likeness (QED) is 0.117. The van der Waals surface area contributed by atoms with Gasteiger partial charge in [-0.1, -0.05) is 192 Å². The molecule has 2 radical (unpaired) electrons. The Morgan fingerprint density at radius 1 is 0.254 bits per heavy atom. The van der Waals surface area contributed by atoms with Gasteiger partial charge < -0.3 is 9.13 Å². The molecule has 0 bridgehead atoms. The lowest BCUT2D eigenvalue weighted by Gasteiger charge is -2.21. The van der Waals surface area contributed by atoms with Crippen LogP contribution in [0.15, 0.2) is 231 Å². The summed E-state index contributed by atoms with van der Waals surface area (Å²) in [5.41, 5.74) is 11.9. The lowest BCUT2D eigenvalue weighted by Crippen LogP contribution is -2.26. The first-order valence-electron chi connectivity index (χ1n) is 21.7. The van der Waals surface area contributed by atoms with Crippen molar-refractivity contribution in [1.82, 2.24) is 9.13 Å². The van der Waals surface area contributed by atoms with Crippen LogP contribution in [0.2, 0.25) is 0 Å². The summed E-state index contributed by atoms with van der Waals surface area (Å²) in [6.45, 7) is 0. The third-order valence-electron chi connectivity index (χ3n) is 13.0. The number of nitrogens with zero attached hydrogens (tertiary/aromatic N) is 2. The van der Waals surface area contributed by atoms with E-state index in [4.69, 9.17) is 0 Å². The summed E-state index contributed by atoms with van der Waals surface area (Å²) in [5.74, 6) is 0. The van der Waals surface area contributed by atoms with Crippen LogP contribution in [-0.2, 0) is 0 Å². The molecule has 2 aromatic heterocycles. The number of aromatic nitrogens is 2. The average Bonchev–Trinajstić information content (AvgIpc) is 3.86. The molecule has 2 nitrogen and oxygen atoms in total. The first kappa shape index (κ1) is 35.7. The first-order chi connectivity index (χ1) is 31.2. The minimum Gasteiger partial charge on any atom is -0.309 e. The zero-order valence-corrected chi connectivity index (χ0v) is 35.3. The van der Waals surface area contributed by atoms with Crippen LogP contribution in [0, 0.1) is 0 Å². The minimum absolute atomic E-state index is 0.540. The molecule has 0 saturated carbocycles. The maximum atomic E-state index is 2.48. The van der Waals surface area contributed by atoms with Crippen LogP contribution in [0.3, 0.4) is 0 Å². The van der Waals surface area contributed by atoms with Crippen LogP contribution in [0.4, 0.5) is 0 Å². The largest absolute Gasteiger partial charge is 0.309 e. The van der Waals surface area contributed by atoms with Crippen LogP contribution in [-0.4, -0.2) is 18.7 Å². The lowest BCUT2D eigenvalue weighted by atomic mass is 9.85. The molecule has 0 amide bonds. The molecule has 0 aliphatic rings. The summed E-state index contributed by atoms with van der Waals surface area (Å²) in [5, 5.41) is 15.1. The molecule has 0 N–H and O–H groups in total. The second kappa shape index (κ2) is 14.3. The summed E-state index contributed by atoms with van der Waals surface area (Å²) in [4.78, 5) is 0. The monoisotopic (exact) mass is 814 g/mol. The Morgan fingerprint density at radius 2 is 0.698 bits per heavy atom. The van der Waals surface area contributed by atoms with E-state index in [9.17, 15) is 0 Å². The Morgan fingerprint density at radius 3 is 1.25 bits per heavy atom. The zero-order chi connectivity index (χ0) is 41.4. The second-order valence-electron chi connectivity index (χ2n) is 16.6. The SMILES string of the molecule is c1ccc([Si]c2ccc3c(-c4cc(-n5c6ccccc6c6ccccc65)cc(-n5c6ccccc6c6ccccc65)c4)c4ccccc4c(-c4ccc5ccccc5c4)c3c2)cc1. The minimum atomic E-state index is 0.540. The Bertz CT molecular complexity index is 3710. The predicted octanol–water partition coefficient (Wildman–Crippen LogP) is 14.3. The topological polar surface area (TPSA) is 9.86 Å². The molecule has 0 fully saturated rings.